The molecule has 4 saturated carbocycles. The predicted molar refractivity (Wildman–Crippen MR) is 127 cm³/mol. The summed E-state index contributed by atoms with van der Waals surface area (Å²) >= 11 is 1.88. The van der Waals surface area contributed by atoms with Crippen molar-refractivity contribution in [2.75, 3.05) is 5.75 Å². The summed E-state index contributed by atoms with van der Waals surface area (Å²) in [5.74, 6) is 1.42. The van der Waals surface area contributed by atoms with E-state index in [-0.39, 0.29) is 16.2 Å². The Kier molecular flexibility index (Phi) is 6.68. The van der Waals surface area contributed by atoms with Crippen molar-refractivity contribution in [3.63, 3.8) is 0 Å². The average Bonchev–Trinajstić information content (AvgIpc) is 3.04. The zero-order chi connectivity index (χ0) is 24.2. The quantitative estimate of drug-likeness (QED) is 0.288. The fourth-order valence-corrected chi connectivity index (χ4v) is 9.68. The van der Waals surface area contributed by atoms with Crippen LogP contribution in [0.5, 0.6) is 0 Å². The Morgan fingerprint density at radius 1 is 1.09 bits per heavy atom. The molecule has 7 atom stereocenters. The smallest absolute Gasteiger partial charge is 0.299 e. The molecule has 0 heterocycles. The van der Waals surface area contributed by atoms with Crippen LogP contribution in [-0.4, -0.2) is 28.7 Å². The highest BCUT2D eigenvalue weighted by Gasteiger charge is 2.64. The van der Waals surface area contributed by atoms with E-state index in [4.69, 9.17) is 0 Å². The van der Waals surface area contributed by atoms with Crippen LogP contribution in [0.2, 0.25) is 0 Å². The van der Waals surface area contributed by atoms with Crippen LogP contribution >= 0.6 is 11.8 Å². The van der Waals surface area contributed by atoms with Gasteiger partial charge in [-0.3, -0.25) is 9.59 Å². The SMILES string of the molecule is C=C1CC2C3CCC(=O)C3(C)CCC2C2(C)CCC(SCCCCC(=O)C(F)(F)F)CC12C. The lowest BCUT2D eigenvalue weighted by Gasteiger charge is -2.65. The van der Waals surface area contributed by atoms with Crippen molar-refractivity contribution in [1.29, 1.82) is 0 Å². The molecule has 33 heavy (non-hydrogen) atoms. The van der Waals surface area contributed by atoms with Crippen LogP contribution in [0.25, 0.3) is 0 Å². The second-order valence-electron chi connectivity index (χ2n) is 12.0. The molecule has 0 aromatic heterocycles. The Balaban J connectivity index is 1.37. The molecule has 4 fully saturated rings. The zero-order valence-electron chi connectivity index (χ0n) is 20.4. The third-order valence-electron chi connectivity index (χ3n) is 10.6. The monoisotopic (exact) mass is 484 g/mol. The van der Waals surface area contributed by atoms with Crippen LogP contribution in [0, 0.1) is 34.0 Å². The van der Waals surface area contributed by atoms with Crippen LogP contribution in [0.1, 0.15) is 91.4 Å². The van der Waals surface area contributed by atoms with E-state index in [1.165, 1.54) is 5.57 Å². The highest BCUT2D eigenvalue weighted by Crippen LogP contribution is 2.71. The van der Waals surface area contributed by atoms with Crippen molar-refractivity contribution in [1.82, 2.24) is 0 Å². The number of rotatable bonds is 6. The summed E-state index contributed by atoms with van der Waals surface area (Å²) in [7, 11) is 0. The van der Waals surface area contributed by atoms with Gasteiger partial charge < -0.3 is 0 Å². The number of hydrogen-bond donors (Lipinski definition) is 0. The minimum atomic E-state index is -4.70. The summed E-state index contributed by atoms with van der Waals surface area (Å²) in [5.41, 5.74) is 1.52. The van der Waals surface area contributed by atoms with Crippen LogP contribution in [0.4, 0.5) is 13.2 Å². The number of alkyl halides is 3. The van der Waals surface area contributed by atoms with E-state index in [0.717, 1.165) is 57.1 Å². The van der Waals surface area contributed by atoms with E-state index in [1.54, 1.807) is 0 Å². The summed E-state index contributed by atoms with van der Waals surface area (Å²) in [6.45, 7) is 11.7. The Labute approximate surface area is 200 Å². The van der Waals surface area contributed by atoms with Gasteiger partial charge in [-0.1, -0.05) is 32.9 Å². The van der Waals surface area contributed by atoms with Crippen molar-refractivity contribution >= 4 is 23.3 Å². The fraction of sp³-hybridized carbons (Fsp3) is 0.852. The largest absolute Gasteiger partial charge is 0.449 e. The third-order valence-corrected chi connectivity index (χ3v) is 12.0. The maximum Gasteiger partial charge on any atom is 0.449 e. The van der Waals surface area contributed by atoms with Gasteiger partial charge in [0.2, 0.25) is 5.78 Å². The van der Waals surface area contributed by atoms with E-state index >= 15 is 0 Å². The number of hydrogen-bond acceptors (Lipinski definition) is 3. The highest BCUT2D eigenvalue weighted by molar-refractivity contribution is 7.99. The van der Waals surface area contributed by atoms with Gasteiger partial charge in [-0.2, -0.15) is 24.9 Å². The van der Waals surface area contributed by atoms with Gasteiger partial charge in [0, 0.05) is 23.5 Å². The molecule has 4 aliphatic rings. The van der Waals surface area contributed by atoms with E-state index in [9.17, 15) is 22.8 Å². The van der Waals surface area contributed by atoms with Gasteiger partial charge in [-0.25, -0.2) is 0 Å². The molecule has 0 bridgehead atoms. The summed E-state index contributed by atoms with van der Waals surface area (Å²) in [6, 6.07) is 0. The van der Waals surface area contributed by atoms with Crippen molar-refractivity contribution in [2.45, 2.75) is 103 Å². The van der Waals surface area contributed by atoms with Gasteiger partial charge in [-0.05, 0) is 92.1 Å². The van der Waals surface area contributed by atoms with E-state index in [1.807, 2.05) is 11.8 Å². The molecular formula is C27H39F3O2S. The second-order valence-corrected chi connectivity index (χ2v) is 13.4. The molecule has 0 radical (unpaired) electrons. The molecule has 6 heteroatoms. The number of carbonyl (C=O) groups is 2. The van der Waals surface area contributed by atoms with Gasteiger partial charge in [0.15, 0.2) is 0 Å². The van der Waals surface area contributed by atoms with E-state index in [2.05, 4.69) is 27.4 Å². The predicted octanol–water partition coefficient (Wildman–Crippen LogP) is 7.56. The third kappa shape index (κ3) is 4.14. The summed E-state index contributed by atoms with van der Waals surface area (Å²) < 4.78 is 37.1. The molecule has 0 N–H and O–H groups in total. The molecule has 0 amide bonds. The van der Waals surface area contributed by atoms with E-state index in [0.29, 0.717) is 41.6 Å². The zero-order valence-corrected chi connectivity index (χ0v) is 21.2. The minimum Gasteiger partial charge on any atom is -0.299 e. The van der Waals surface area contributed by atoms with Crippen molar-refractivity contribution in [3.8, 4) is 0 Å². The number of thioether (sulfide) groups is 1. The standard InChI is InChI=1S/C27H39F3O2S/c1-17-15-19-20-8-9-22(31)24(20,2)12-11-21(19)25(3)13-10-18(16-26(17,25)4)33-14-6-5-7-23(32)27(28,29)30/h18-21H,1,5-16H2,2-4H3. The van der Waals surface area contributed by atoms with E-state index < -0.39 is 18.4 Å². The van der Waals surface area contributed by atoms with Crippen molar-refractivity contribution in [3.05, 3.63) is 12.2 Å². The summed E-state index contributed by atoms with van der Waals surface area (Å²) in [6.07, 6.45) is 4.26. The Bertz CT molecular complexity index is 823. The molecule has 4 aliphatic carbocycles. The molecule has 0 aliphatic heterocycles. The number of halogens is 3. The molecular weight excluding hydrogens is 445 g/mol. The summed E-state index contributed by atoms with van der Waals surface area (Å²) in [5, 5.41) is 0.497. The number of fused-ring (bicyclic) bond motifs is 5. The van der Waals surface area contributed by atoms with Crippen molar-refractivity contribution in [2.24, 2.45) is 34.0 Å². The number of ketones is 2. The van der Waals surface area contributed by atoms with Gasteiger partial charge in [0.1, 0.15) is 5.78 Å². The first-order chi connectivity index (χ1) is 15.3. The van der Waals surface area contributed by atoms with Gasteiger partial charge >= 0.3 is 6.18 Å². The lowest BCUT2D eigenvalue weighted by atomic mass is 9.40. The topological polar surface area (TPSA) is 34.1 Å². The molecule has 7 unspecified atom stereocenters. The van der Waals surface area contributed by atoms with Crippen LogP contribution in [0.15, 0.2) is 12.2 Å². The van der Waals surface area contributed by atoms with Crippen LogP contribution in [-0.2, 0) is 9.59 Å². The second kappa shape index (κ2) is 8.71. The fourth-order valence-electron chi connectivity index (χ4n) is 8.24. The highest BCUT2D eigenvalue weighted by atomic mass is 32.2. The average molecular weight is 485 g/mol. The lowest BCUT2D eigenvalue weighted by Crippen LogP contribution is -2.58. The molecule has 186 valence electrons. The number of unbranched alkanes of at least 4 members (excludes halogenated alkanes) is 1. The van der Waals surface area contributed by atoms with Gasteiger partial charge in [0.25, 0.3) is 0 Å². The summed E-state index contributed by atoms with van der Waals surface area (Å²) in [4.78, 5) is 23.8. The maximum atomic E-state index is 12.7. The number of allylic oxidation sites excluding steroid dienone is 1. The Morgan fingerprint density at radius 3 is 2.52 bits per heavy atom. The first kappa shape index (κ1) is 25.3. The molecule has 0 aromatic rings. The maximum absolute atomic E-state index is 12.7. The number of Topliss-reactive ketones (excluding diaryl/α,β-unsaturated/α-hetero) is 2. The van der Waals surface area contributed by atoms with Crippen LogP contribution < -0.4 is 0 Å². The molecule has 2 nitrogen and oxygen atoms in total. The molecule has 0 saturated heterocycles. The van der Waals surface area contributed by atoms with Gasteiger partial charge in [0.05, 0.1) is 0 Å². The first-order valence-corrected chi connectivity index (χ1v) is 13.8. The molecule has 4 rings (SSSR count). The lowest BCUT2D eigenvalue weighted by molar-refractivity contribution is -0.171. The van der Waals surface area contributed by atoms with Crippen molar-refractivity contribution < 1.29 is 22.8 Å². The Hall–Kier alpha value is -0.780. The minimum absolute atomic E-state index is 0.0761. The van der Waals surface area contributed by atoms with Gasteiger partial charge in [-0.15, -0.1) is 0 Å². The number of carbonyl (C=O) groups excluding carboxylic acids is 2. The van der Waals surface area contributed by atoms with Crippen LogP contribution in [0.3, 0.4) is 0 Å². The normalized spacial score (nSPS) is 43.1. The first-order valence-electron chi connectivity index (χ1n) is 12.8. The Morgan fingerprint density at radius 2 is 1.82 bits per heavy atom. The molecule has 0 aromatic carbocycles. The molecule has 0 spiro atoms.